The van der Waals surface area contributed by atoms with Gasteiger partial charge in [-0.2, -0.15) is 0 Å². The monoisotopic (exact) mass is 473 g/mol. The van der Waals surface area contributed by atoms with Crippen LogP contribution in [0.5, 0.6) is 0 Å². The third-order valence-corrected chi connectivity index (χ3v) is 10.6. The van der Waals surface area contributed by atoms with Crippen molar-refractivity contribution in [2.24, 2.45) is 16.7 Å². The highest BCUT2D eigenvalue weighted by molar-refractivity contribution is 6.04. The summed E-state index contributed by atoms with van der Waals surface area (Å²) in [7, 11) is 0. The summed E-state index contributed by atoms with van der Waals surface area (Å²) in [5, 5.41) is 6.28. The Kier molecular flexibility index (Phi) is 4.72. The molecule has 0 saturated heterocycles. The van der Waals surface area contributed by atoms with Crippen LogP contribution in [0.2, 0.25) is 0 Å². The van der Waals surface area contributed by atoms with Crippen molar-refractivity contribution in [1.29, 1.82) is 0 Å². The quantitative estimate of drug-likeness (QED) is 0.378. The topological polar surface area (TPSA) is 29.1 Å². The van der Waals surface area contributed by atoms with Gasteiger partial charge in [0.15, 0.2) is 5.78 Å². The molecule has 0 aromatic heterocycles. The maximum absolute atomic E-state index is 14.0. The van der Waals surface area contributed by atoms with E-state index >= 15 is 0 Å². The van der Waals surface area contributed by atoms with E-state index in [0.29, 0.717) is 17.6 Å². The Morgan fingerprint density at radius 1 is 0.889 bits per heavy atom. The summed E-state index contributed by atoms with van der Waals surface area (Å²) in [6.45, 7) is 7.43. The van der Waals surface area contributed by atoms with Gasteiger partial charge in [0.25, 0.3) is 0 Å². The SMILES string of the molecule is CC12CCC(CC1=CC1C3=C(CC(c4ccccc4)CC3=O)Nc3ccc4ccccc4c31)C2(C)C. The number of benzene rings is 3. The van der Waals surface area contributed by atoms with E-state index in [1.165, 1.54) is 46.8 Å². The summed E-state index contributed by atoms with van der Waals surface area (Å²) < 4.78 is 0. The van der Waals surface area contributed by atoms with E-state index in [-0.39, 0.29) is 17.3 Å². The van der Waals surface area contributed by atoms with E-state index in [1.54, 1.807) is 5.57 Å². The number of fused-ring (bicyclic) bond motifs is 5. The van der Waals surface area contributed by atoms with Crippen LogP contribution in [-0.2, 0) is 4.79 Å². The van der Waals surface area contributed by atoms with Gasteiger partial charge in [0.2, 0.25) is 0 Å². The molecule has 36 heavy (non-hydrogen) atoms. The summed E-state index contributed by atoms with van der Waals surface area (Å²) in [6.07, 6.45) is 7.80. The summed E-state index contributed by atoms with van der Waals surface area (Å²) in [5.74, 6) is 1.32. The Bertz CT molecular complexity index is 1460. The van der Waals surface area contributed by atoms with Gasteiger partial charge in [0.1, 0.15) is 0 Å². The summed E-state index contributed by atoms with van der Waals surface area (Å²) in [4.78, 5) is 14.0. The lowest BCUT2D eigenvalue weighted by molar-refractivity contribution is -0.116. The van der Waals surface area contributed by atoms with Crippen molar-refractivity contribution in [3.63, 3.8) is 0 Å². The summed E-state index contributed by atoms with van der Waals surface area (Å²) in [5.41, 5.74) is 8.00. The molecule has 182 valence electrons. The normalized spacial score (nSPS) is 31.5. The number of rotatable bonds is 2. The van der Waals surface area contributed by atoms with Crippen LogP contribution in [-0.4, -0.2) is 5.78 Å². The third-order valence-electron chi connectivity index (χ3n) is 10.6. The van der Waals surface area contributed by atoms with E-state index in [2.05, 4.69) is 98.9 Å². The predicted octanol–water partition coefficient (Wildman–Crippen LogP) is 8.52. The number of hydrogen-bond acceptors (Lipinski definition) is 2. The molecule has 2 saturated carbocycles. The lowest BCUT2D eigenvalue weighted by Gasteiger charge is -2.39. The lowest BCUT2D eigenvalue weighted by atomic mass is 9.67. The van der Waals surface area contributed by atoms with E-state index in [4.69, 9.17) is 0 Å². The Hall–Kier alpha value is -3.13. The van der Waals surface area contributed by atoms with Gasteiger partial charge in [0.05, 0.1) is 0 Å². The molecule has 4 unspecified atom stereocenters. The Balaban J connectivity index is 1.41. The van der Waals surface area contributed by atoms with Crippen LogP contribution < -0.4 is 5.32 Å². The minimum Gasteiger partial charge on any atom is -0.358 e. The number of nitrogens with one attached hydrogen (secondary N) is 1. The highest BCUT2D eigenvalue weighted by Gasteiger charge is 2.58. The number of hydrogen-bond donors (Lipinski definition) is 1. The molecule has 2 heteroatoms. The lowest BCUT2D eigenvalue weighted by Crippen LogP contribution is -2.30. The van der Waals surface area contributed by atoms with Crippen molar-refractivity contribution in [1.82, 2.24) is 0 Å². The molecule has 0 amide bonds. The molecule has 1 heterocycles. The fraction of sp³-hybridized carbons (Fsp3) is 0.382. The van der Waals surface area contributed by atoms with Crippen molar-refractivity contribution in [2.45, 2.75) is 64.7 Å². The maximum atomic E-state index is 14.0. The largest absolute Gasteiger partial charge is 0.358 e. The van der Waals surface area contributed by atoms with Crippen LogP contribution in [0.25, 0.3) is 10.8 Å². The second-order valence-corrected chi connectivity index (χ2v) is 12.4. The number of carbonyl (C=O) groups excluding carboxylic acids is 1. The number of carbonyl (C=O) groups is 1. The van der Waals surface area contributed by atoms with Crippen molar-refractivity contribution >= 4 is 22.2 Å². The van der Waals surface area contributed by atoms with Crippen LogP contribution in [0.4, 0.5) is 5.69 Å². The van der Waals surface area contributed by atoms with Gasteiger partial charge in [-0.3, -0.25) is 4.79 Å². The van der Waals surface area contributed by atoms with Crippen molar-refractivity contribution < 1.29 is 4.79 Å². The average molecular weight is 474 g/mol. The second-order valence-electron chi connectivity index (χ2n) is 12.4. The molecule has 1 N–H and O–H groups in total. The fourth-order valence-electron chi connectivity index (χ4n) is 8.06. The Morgan fingerprint density at radius 2 is 1.67 bits per heavy atom. The van der Waals surface area contributed by atoms with E-state index in [0.717, 1.165) is 23.6 Å². The zero-order chi connectivity index (χ0) is 24.7. The first-order valence-electron chi connectivity index (χ1n) is 13.7. The zero-order valence-corrected chi connectivity index (χ0v) is 21.6. The van der Waals surface area contributed by atoms with Gasteiger partial charge in [-0.15, -0.1) is 0 Å². The predicted molar refractivity (Wildman–Crippen MR) is 148 cm³/mol. The van der Waals surface area contributed by atoms with E-state index in [9.17, 15) is 4.79 Å². The van der Waals surface area contributed by atoms with Gasteiger partial charge in [-0.05, 0) is 76.3 Å². The van der Waals surface area contributed by atoms with Gasteiger partial charge in [0, 0.05) is 29.3 Å². The standard InChI is InChI=1S/C34H35NO/c1-33(2)24-15-16-34(33,3)25(19-24)20-27-31-26-12-8-7-11-22(26)13-14-28(31)35-29-17-23(18-30(36)32(27)29)21-9-5-4-6-10-21/h4-14,20,23-24,27,35H,15-19H2,1-3H3. The minimum absolute atomic E-state index is 0.0218. The van der Waals surface area contributed by atoms with Crippen LogP contribution in [0.3, 0.4) is 0 Å². The van der Waals surface area contributed by atoms with Gasteiger partial charge in [-0.1, -0.05) is 93.1 Å². The molecular formula is C34H35NO. The highest BCUT2D eigenvalue weighted by Crippen LogP contribution is 2.68. The first kappa shape index (κ1) is 22.1. The molecular weight excluding hydrogens is 438 g/mol. The summed E-state index contributed by atoms with van der Waals surface area (Å²) >= 11 is 0. The Morgan fingerprint density at radius 3 is 2.42 bits per heavy atom. The van der Waals surface area contributed by atoms with E-state index in [1.807, 2.05) is 0 Å². The molecule has 1 aliphatic heterocycles. The average Bonchev–Trinajstić information content (AvgIpc) is 3.22. The first-order valence-corrected chi connectivity index (χ1v) is 13.7. The zero-order valence-electron chi connectivity index (χ0n) is 21.6. The molecule has 3 aromatic rings. The van der Waals surface area contributed by atoms with Gasteiger partial charge < -0.3 is 5.32 Å². The van der Waals surface area contributed by atoms with Crippen LogP contribution >= 0.6 is 0 Å². The molecule has 7 rings (SSSR count). The number of Topliss-reactive ketones (excluding diaryl/α,β-unsaturated/α-hetero) is 1. The van der Waals surface area contributed by atoms with Crippen LogP contribution in [0, 0.1) is 16.7 Å². The smallest absolute Gasteiger partial charge is 0.162 e. The highest BCUT2D eigenvalue weighted by atomic mass is 16.1. The first-order chi connectivity index (χ1) is 17.4. The van der Waals surface area contributed by atoms with Crippen LogP contribution in [0.15, 0.2) is 89.6 Å². The van der Waals surface area contributed by atoms with Gasteiger partial charge >= 0.3 is 0 Å². The maximum Gasteiger partial charge on any atom is 0.162 e. The molecule has 2 bridgehead atoms. The molecule has 2 fully saturated rings. The molecule has 2 nitrogen and oxygen atoms in total. The molecule has 4 atom stereocenters. The molecule has 0 spiro atoms. The third kappa shape index (κ3) is 3.00. The van der Waals surface area contributed by atoms with E-state index < -0.39 is 0 Å². The van der Waals surface area contributed by atoms with Crippen molar-refractivity contribution in [2.75, 3.05) is 5.32 Å². The minimum atomic E-state index is 0.0218. The molecule has 3 aromatic carbocycles. The molecule has 4 aliphatic rings. The van der Waals surface area contributed by atoms with Gasteiger partial charge in [-0.25, -0.2) is 0 Å². The fourth-order valence-corrected chi connectivity index (χ4v) is 8.06. The summed E-state index contributed by atoms with van der Waals surface area (Å²) in [6, 6.07) is 23.7. The van der Waals surface area contributed by atoms with Crippen molar-refractivity contribution in [3.05, 3.63) is 101 Å². The number of anilines is 1. The number of allylic oxidation sites excluding steroid dienone is 4. The number of ketones is 1. The molecule has 3 aliphatic carbocycles. The second kappa shape index (κ2) is 7.68. The van der Waals surface area contributed by atoms with Crippen molar-refractivity contribution in [3.8, 4) is 0 Å². The molecule has 0 radical (unpaired) electrons. The van der Waals surface area contributed by atoms with Crippen LogP contribution in [0.1, 0.15) is 75.8 Å². The Labute approximate surface area is 214 Å².